The summed E-state index contributed by atoms with van der Waals surface area (Å²) in [6.45, 7) is 3.72. The quantitative estimate of drug-likeness (QED) is 0.766. The summed E-state index contributed by atoms with van der Waals surface area (Å²) >= 11 is 0. The van der Waals surface area contributed by atoms with Crippen LogP contribution in [0.15, 0.2) is 42.5 Å². The Labute approximate surface area is 159 Å². The third-order valence-electron chi connectivity index (χ3n) is 3.93. The third kappa shape index (κ3) is 5.07. The van der Waals surface area contributed by atoms with E-state index in [1.807, 2.05) is 0 Å². The lowest BCUT2D eigenvalue weighted by Crippen LogP contribution is -2.25. The number of nitrogens with one attached hydrogen (secondary N) is 1. The molecule has 8 heteroatoms. The van der Waals surface area contributed by atoms with Crippen molar-refractivity contribution in [2.75, 3.05) is 29.5 Å². The lowest BCUT2D eigenvalue weighted by atomic mass is 10.1. The number of hydrogen-bond donors (Lipinski definition) is 1. The molecule has 0 radical (unpaired) electrons. The summed E-state index contributed by atoms with van der Waals surface area (Å²) in [7, 11) is -1.93. The number of carbonyl (C=O) groups is 2. The van der Waals surface area contributed by atoms with E-state index in [1.165, 1.54) is 13.1 Å². The van der Waals surface area contributed by atoms with Crippen molar-refractivity contribution in [3.8, 4) is 0 Å². The zero-order valence-corrected chi connectivity index (χ0v) is 16.5. The van der Waals surface area contributed by atoms with E-state index in [9.17, 15) is 18.0 Å². The molecule has 2 rings (SSSR count). The highest BCUT2D eigenvalue weighted by Crippen LogP contribution is 2.23. The van der Waals surface area contributed by atoms with Gasteiger partial charge in [0.1, 0.15) is 0 Å². The first-order valence-electron chi connectivity index (χ1n) is 8.26. The third-order valence-corrected chi connectivity index (χ3v) is 5.12. The summed E-state index contributed by atoms with van der Waals surface area (Å²) in [6.07, 6.45) is 1.11. The SMILES string of the molecule is CCOC(=O)c1cccc(NC(=O)c2ccc(N(C)S(C)(=O)=O)c(C)c2)c1. The van der Waals surface area contributed by atoms with Gasteiger partial charge in [0, 0.05) is 18.3 Å². The van der Waals surface area contributed by atoms with Crippen LogP contribution in [0.3, 0.4) is 0 Å². The van der Waals surface area contributed by atoms with Crippen molar-refractivity contribution in [2.45, 2.75) is 13.8 Å². The number of amides is 1. The Hall–Kier alpha value is -2.87. The Balaban J connectivity index is 2.21. The van der Waals surface area contributed by atoms with Crippen LogP contribution in [0.1, 0.15) is 33.2 Å². The molecular formula is C19H22N2O5S. The number of ether oxygens (including phenoxy) is 1. The van der Waals surface area contributed by atoms with Crippen molar-refractivity contribution in [1.82, 2.24) is 0 Å². The molecule has 0 unspecified atom stereocenters. The van der Waals surface area contributed by atoms with E-state index in [0.29, 0.717) is 28.1 Å². The van der Waals surface area contributed by atoms with Gasteiger partial charge in [-0.15, -0.1) is 0 Å². The molecule has 1 amide bonds. The van der Waals surface area contributed by atoms with Crippen LogP contribution in [0.5, 0.6) is 0 Å². The van der Waals surface area contributed by atoms with Gasteiger partial charge in [0.2, 0.25) is 10.0 Å². The molecule has 0 saturated carbocycles. The van der Waals surface area contributed by atoms with Crippen molar-refractivity contribution in [1.29, 1.82) is 0 Å². The molecular weight excluding hydrogens is 368 g/mol. The fourth-order valence-electron chi connectivity index (χ4n) is 2.47. The number of rotatable bonds is 6. The lowest BCUT2D eigenvalue weighted by molar-refractivity contribution is 0.0526. The second-order valence-electron chi connectivity index (χ2n) is 5.99. The second-order valence-corrected chi connectivity index (χ2v) is 8.00. The van der Waals surface area contributed by atoms with Gasteiger partial charge in [-0.2, -0.15) is 0 Å². The predicted molar refractivity (Wildman–Crippen MR) is 105 cm³/mol. The number of esters is 1. The molecule has 1 N–H and O–H groups in total. The van der Waals surface area contributed by atoms with Gasteiger partial charge < -0.3 is 10.1 Å². The summed E-state index contributed by atoms with van der Waals surface area (Å²) in [5.41, 5.74) is 2.32. The van der Waals surface area contributed by atoms with Gasteiger partial charge in [0.15, 0.2) is 0 Å². The summed E-state index contributed by atoms with van der Waals surface area (Å²) in [5.74, 6) is -0.828. The fraction of sp³-hybridized carbons (Fsp3) is 0.263. The van der Waals surface area contributed by atoms with Crippen LogP contribution in [0.2, 0.25) is 0 Å². The average Bonchev–Trinajstić information content (AvgIpc) is 2.60. The summed E-state index contributed by atoms with van der Waals surface area (Å²) in [6, 6.07) is 11.2. The standard InChI is InChI=1S/C19H22N2O5S/c1-5-26-19(23)15-7-6-8-16(12-15)20-18(22)14-9-10-17(13(2)11-14)21(3)27(4,24)25/h6-12H,5H2,1-4H3,(H,20,22). The lowest BCUT2D eigenvalue weighted by Gasteiger charge is -2.19. The normalized spacial score (nSPS) is 11.0. The number of benzene rings is 2. The number of carbonyl (C=O) groups excluding carboxylic acids is 2. The van der Waals surface area contributed by atoms with Gasteiger partial charge >= 0.3 is 5.97 Å². The molecule has 0 saturated heterocycles. The minimum Gasteiger partial charge on any atom is -0.462 e. The van der Waals surface area contributed by atoms with Crippen LogP contribution < -0.4 is 9.62 Å². The zero-order chi connectivity index (χ0) is 20.2. The number of aryl methyl sites for hydroxylation is 1. The fourth-order valence-corrected chi connectivity index (χ4v) is 3.03. The van der Waals surface area contributed by atoms with Crippen molar-refractivity contribution in [3.63, 3.8) is 0 Å². The Bertz CT molecular complexity index is 970. The van der Waals surface area contributed by atoms with E-state index in [-0.39, 0.29) is 12.5 Å². The van der Waals surface area contributed by atoms with E-state index < -0.39 is 16.0 Å². The summed E-state index contributed by atoms with van der Waals surface area (Å²) in [5, 5.41) is 2.72. The van der Waals surface area contributed by atoms with E-state index in [1.54, 1.807) is 50.2 Å². The van der Waals surface area contributed by atoms with Crippen LogP contribution in [0, 0.1) is 6.92 Å². The second kappa shape index (κ2) is 8.22. The first-order chi connectivity index (χ1) is 12.6. The monoisotopic (exact) mass is 390 g/mol. The van der Waals surface area contributed by atoms with Crippen molar-refractivity contribution < 1.29 is 22.7 Å². The highest BCUT2D eigenvalue weighted by atomic mass is 32.2. The number of sulfonamides is 1. The minimum absolute atomic E-state index is 0.267. The van der Waals surface area contributed by atoms with Crippen LogP contribution >= 0.6 is 0 Å². The number of anilines is 2. The zero-order valence-electron chi connectivity index (χ0n) is 15.6. The van der Waals surface area contributed by atoms with Crippen LogP contribution in [-0.2, 0) is 14.8 Å². The minimum atomic E-state index is -3.39. The first kappa shape index (κ1) is 20.4. The van der Waals surface area contributed by atoms with E-state index in [2.05, 4.69) is 5.32 Å². The molecule has 0 atom stereocenters. The largest absolute Gasteiger partial charge is 0.462 e. The van der Waals surface area contributed by atoms with E-state index >= 15 is 0 Å². The molecule has 0 heterocycles. The molecule has 0 aliphatic rings. The highest BCUT2D eigenvalue weighted by molar-refractivity contribution is 7.92. The highest BCUT2D eigenvalue weighted by Gasteiger charge is 2.16. The summed E-state index contributed by atoms with van der Waals surface area (Å²) in [4.78, 5) is 24.3. The molecule has 0 aromatic heterocycles. The molecule has 27 heavy (non-hydrogen) atoms. The molecule has 2 aromatic carbocycles. The van der Waals surface area contributed by atoms with Crippen molar-refractivity contribution in [2.24, 2.45) is 0 Å². The van der Waals surface area contributed by atoms with Gasteiger partial charge in [-0.1, -0.05) is 6.07 Å². The van der Waals surface area contributed by atoms with Gasteiger partial charge in [-0.25, -0.2) is 13.2 Å². The van der Waals surface area contributed by atoms with Gasteiger partial charge in [-0.3, -0.25) is 9.10 Å². The van der Waals surface area contributed by atoms with Crippen LogP contribution in [0.4, 0.5) is 11.4 Å². The van der Waals surface area contributed by atoms with Crippen molar-refractivity contribution in [3.05, 3.63) is 59.2 Å². The Kier molecular flexibility index (Phi) is 6.22. The number of nitrogens with zero attached hydrogens (tertiary/aromatic N) is 1. The van der Waals surface area contributed by atoms with E-state index in [0.717, 1.165) is 10.6 Å². The van der Waals surface area contributed by atoms with Gasteiger partial charge in [0.05, 0.1) is 24.1 Å². The predicted octanol–water partition coefficient (Wildman–Crippen LogP) is 2.82. The van der Waals surface area contributed by atoms with Gasteiger partial charge in [0.25, 0.3) is 5.91 Å². The van der Waals surface area contributed by atoms with Crippen LogP contribution in [-0.4, -0.2) is 40.2 Å². The Morgan fingerprint density at radius 3 is 2.41 bits per heavy atom. The molecule has 0 aliphatic heterocycles. The van der Waals surface area contributed by atoms with Crippen molar-refractivity contribution >= 4 is 33.3 Å². The molecule has 0 aliphatic carbocycles. The maximum atomic E-state index is 12.5. The molecule has 7 nitrogen and oxygen atoms in total. The molecule has 2 aromatic rings. The maximum absolute atomic E-state index is 12.5. The molecule has 0 spiro atoms. The molecule has 0 fully saturated rings. The Morgan fingerprint density at radius 2 is 1.81 bits per heavy atom. The van der Waals surface area contributed by atoms with Crippen LogP contribution in [0.25, 0.3) is 0 Å². The maximum Gasteiger partial charge on any atom is 0.338 e. The smallest absolute Gasteiger partial charge is 0.338 e. The number of hydrogen-bond acceptors (Lipinski definition) is 5. The first-order valence-corrected chi connectivity index (χ1v) is 10.1. The average molecular weight is 390 g/mol. The topological polar surface area (TPSA) is 92.8 Å². The summed E-state index contributed by atoms with van der Waals surface area (Å²) < 4.78 is 29.5. The van der Waals surface area contributed by atoms with Gasteiger partial charge in [-0.05, 0) is 55.8 Å². The molecule has 0 bridgehead atoms. The molecule has 144 valence electrons. The van der Waals surface area contributed by atoms with E-state index in [4.69, 9.17) is 4.74 Å². The Morgan fingerprint density at radius 1 is 1.11 bits per heavy atom.